The van der Waals surface area contributed by atoms with E-state index in [1.807, 2.05) is 0 Å². The second kappa shape index (κ2) is 8.53. The molecule has 0 saturated heterocycles. The summed E-state index contributed by atoms with van der Waals surface area (Å²) >= 11 is 0. The lowest BCUT2D eigenvalue weighted by molar-refractivity contribution is -0.149. The Labute approximate surface area is 152 Å². The Morgan fingerprint density at radius 2 is 1.77 bits per heavy atom. The fourth-order valence-electron chi connectivity index (χ4n) is 2.80. The van der Waals surface area contributed by atoms with E-state index in [1.54, 1.807) is 38.1 Å². The Balaban J connectivity index is 1.99. The monoisotopic (exact) mass is 366 g/mol. The molecule has 1 aliphatic rings. The van der Waals surface area contributed by atoms with Gasteiger partial charge in [-0.25, -0.2) is 0 Å². The average Bonchev–Trinajstić information content (AvgIpc) is 2.60. The summed E-state index contributed by atoms with van der Waals surface area (Å²) in [4.78, 5) is 11.5. The highest BCUT2D eigenvalue weighted by molar-refractivity contribution is 5.71. The second-order valence-electron chi connectivity index (χ2n) is 6.87. The van der Waals surface area contributed by atoms with Crippen molar-refractivity contribution in [2.75, 3.05) is 0 Å². The molecule has 1 fully saturated rings. The molecule has 26 heavy (non-hydrogen) atoms. The van der Waals surface area contributed by atoms with Crippen molar-refractivity contribution in [2.45, 2.75) is 51.3 Å². The van der Waals surface area contributed by atoms with Crippen molar-refractivity contribution in [1.82, 2.24) is 0 Å². The fraction of sp³-hybridized carbons (Fsp3) is 0.526. The van der Waals surface area contributed by atoms with Crippen molar-refractivity contribution in [3.05, 3.63) is 42.2 Å². The lowest BCUT2D eigenvalue weighted by Crippen LogP contribution is -2.55. The molecule has 0 unspecified atom stereocenters. The first-order valence-corrected chi connectivity index (χ1v) is 8.55. The van der Waals surface area contributed by atoms with Crippen molar-refractivity contribution in [2.24, 2.45) is 11.8 Å². The van der Waals surface area contributed by atoms with E-state index in [1.165, 1.54) is 0 Å². The molecule has 0 heterocycles. The van der Waals surface area contributed by atoms with Crippen LogP contribution in [0.5, 0.6) is 5.75 Å². The zero-order chi connectivity index (χ0) is 19.4. The number of benzene rings is 1. The van der Waals surface area contributed by atoms with E-state index in [4.69, 9.17) is 9.47 Å². The summed E-state index contributed by atoms with van der Waals surface area (Å²) in [5.41, 5.74) is 0.785. The maximum absolute atomic E-state index is 11.5. The summed E-state index contributed by atoms with van der Waals surface area (Å²) in [5.74, 6) is -1.08. The van der Waals surface area contributed by atoms with Crippen molar-refractivity contribution >= 4 is 5.97 Å². The zero-order valence-corrected chi connectivity index (χ0v) is 14.9. The van der Waals surface area contributed by atoms with Crippen LogP contribution in [0.4, 0.5) is 0 Å². The third kappa shape index (κ3) is 4.75. The highest BCUT2D eigenvalue weighted by Gasteiger charge is 2.45. The minimum atomic E-state index is -1.45. The molecule has 1 aromatic carbocycles. The van der Waals surface area contributed by atoms with E-state index in [-0.39, 0.29) is 30.7 Å². The molecule has 0 bridgehead atoms. The molecule has 0 amide bonds. The second-order valence-corrected chi connectivity index (χ2v) is 6.87. The first-order valence-electron chi connectivity index (χ1n) is 8.55. The Bertz CT molecular complexity index is 625. The average molecular weight is 366 g/mol. The molecule has 7 nitrogen and oxygen atoms in total. The van der Waals surface area contributed by atoms with E-state index >= 15 is 0 Å². The number of carbonyl (C=O) groups excluding carboxylic acids is 1. The summed E-state index contributed by atoms with van der Waals surface area (Å²) in [7, 11) is 0. The third-order valence-electron chi connectivity index (χ3n) is 4.47. The number of hydrogen-bond acceptors (Lipinski definition) is 7. The van der Waals surface area contributed by atoms with Gasteiger partial charge in [0.1, 0.15) is 30.7 Å². The van der Waals surface area contributed by atoms with E-state index in [2.05, 4.69) is 6.58 Å². The number of aliphatic hydroxyl groups excluding tert-OH is 4. The van der Waals surface area contributed by atoms with Gasteiger partial charge in [-0.2, -0.15) is 0 Å². The van der Waals surface area contributed by atoms with Crippen molar-refractivity contribution < 1.29 is 34.7 Å². The van der Waals surface area contributed by atoms with Gasteiger partial charge < -0.3 is 29.9 Å². The molecule has 2 rings (SSSR count). The van der Waals surface area contributed by atoms with Crippen LogP contribution in [0.2, 0.25) is 0 Å². The number of ether oxygens (including phenoxy) is 2. The topological polar surface area (TPSA) is 116 Å². The van der Waals surface area contributed by atoms with Crippen LogP contribution in [0.1, 0.15) is 25.8 Å². The van der Waals surface area contributed by atoms with Crippen molar-refractivity contribution in [1.29, 1.82) is 0 Å². The Kier molecular flexibility index (Phi) is 6.63. The molecule has 0 aromatic heterocycles. The fourth-order valence-corrected chi connectivity index (χ4v) is 2.80. The number of rotatable bonds is 6. The minimum absolute atomic E-state index is 0.114. The number of carbonyl (C=O) groups is 1. The van der Waals surface area contributed by atoms with Gasteiger partial charge in [0.2, 0.25) is 0 Å². The quantitative estimate of drug-likeness (QED) is 0.443. The molecular weight excluding hydrogens is 340 g/mol. The first kappa shape index (κ1) is 20.2. The van der Waals surface area contributed by atoms with Crippen LogP contribution >= 0.6 is 0 Å². The molecule has 1 aliphatic carbocycles. The van der Waals surface area contributed by atoms with Crippen LogP contribution in [0.15, 0.2) is 36.6 Å². The molecule has 5 atom stereocenters. The van der Waals surface area contributed by atoms with Crippen LogP contribution in [-0.2, 0) is 16.1 Å². The SMILES string of the molecule is C=C(O)[C@H]1C[C@@H](Oc2ccc(COC(=O)C(C)C)cc2)[C@H](O)[C@@H](O)[C@@H]1O. The summed E-state index contributed by atoms with van der Waals surface area (Å²) in [6, 6.07) is 6.77. The highest BCUT2D eigenvalue weighted by atomic mass is 16.5. The van der Waals surface area contributed by atoms with Crippen LogP contribution in [0.25, 0.3) is 0 Å². The summed E-state index contributed by atoms with van der Waals surface area (Å²) < 4.78 is 10.8. The number of aliphatic hydroxyl groups is 4. The lowest BCUT2D eigenvalue weighted by Gasteiger charge is -2.39. The Morgan fingerprint density at radius 3 is 2.31 bits per heavy atom. The zero-order valence-electron chi connectivity index (χ0n) is 14.9. The van der Waals surface area contributed by atoms with Gasteiger partial charge in [-0.15, -0.1) is 0 Å². The molecule has 1 aromatic rings. The molecule has 4 N–H and O–H groups in total. The van der Waals surface area contributed by atoms with Crippen LogP contribution in [0, 0.1) is 11.8 Å². The maximum Gasteiger partial charge on any atom is 0.308 e. The van der Waals surface area contributed by atoms with E-state index in [9.17, 15) is 25.2 Å². The first-order chi connectivity index (χ1) is 12.2. The van der Waals surface area contributed by atoms with E-state index in [0.29, 0.717) is 5.75 Å². The van der Waals surface area contributed by atoms with Crippen molar-refractivity contribution in [3.8, 4) is 5.75 Å². The van der Waals surface area contributed by atoms with Gasteiger partial charge in [-0.1, -0.05) is 32.6 Å². The summed E-state index contributed by atoms with van der Waals surface area (Å²) in [5, 5.41) is 39.5. The minimum Gasteiger partial charge on any atom is -0.513 e. The van der Waals surface area contributed by atoms with Gasteiger partial charge in [-0.3, -0.25) is 4.79 Å². The lowest BCUT2D eigenvalue weighted by atomic mass is 9.80. The molecule has 144 valence electrons. The molecule has 0 radical (unpaired) electrons. The molecule has 0 spiro atoms. The van der Waals surface area contributed by atoms with Gasteiger partial charge in [0.25, 0.3) is 0 Å². The van der Waals surface area contributed by atoms with E-state index < -0.39 is 30.3 Å². The van der Waals surface area contributed by atoms with Gasteiger partial charge in [0.05, 0.1) is 17.8 Å². The molecule has 1 saturated carbocycles. The molecule has 0 aliphatic heterocycles. The predicted molar refractivity (Wildman–Crippen MR) is 93.4 cm³/mol. The summed E-state index contributed by atoms with van der Waals surface area (Å²) in [6.45, 7) is 7.06. The normalized spacial score (nSPS) is 28.6. The van der Waals surface area contributed by atoms with Gasteiger partial charge in [0.15, 0.2) is 0 Å². The van der Waals surface area contributed by atoms with Crippen LogP contribution in [-0.4, -0.2) is 50.8 Å². The largest absolute Gasteiger partial charge is 0.513 e. The van der Waals surface area contributed by atoms with E-state index in [0.717, 1.165) is 5.56 Å². The molecular formula is C19H26O7. The predicted octanol–water partition coefficient (Wildman–Crippen LogP) is 1.31. The smallest absolute Gasteiger partial charge is 0.308 e. The standard InChI is InChI=1S/C19H26O7/c1-10(2)19(24)25-9-12-4-6-13(7-5-12)26-15-8-14(11(3)20)16(21)18(23)17(15)22/h4-7,10,14-18,20-23H,3,8-9H2,1-2H3/t14-,15-,16-,17+,18+/m1/s1. The van der Waals surface area contributed by atoms with Crippen LogP contribution < -0.4 is 4.74 Å². The molecule has 7 heteroatoms. The third-order valence-corrected chi connectivity index (χ3v) is 4.47. The van der Waals surface area contributed by atoms with Crippen LogP contribution in [0.3, 0.4) is 0 Å². The van der Waals surface area contributed by atoms with Crippen molar-refractivity contribution in [3.63, 3.8) is 0 Å². The Morgan fingerprint density at radius 1 is 1.15 bits per heavy atom. The number of hydrogen-bond donors (Lipinski definition) is 4. The highest BCUT2D eigenvalue weighted by Crippen LogP contribution is 2.32. The number of esters is 1. The van der Waals surface area contributed by atoms with Gasteiger partial charge >= 0.3 is 5.97 Å². The van der Waals surface area contributed by atoms with Gasteiger partial charge in [-0.05, 0) is 24.1 Å². The Hall–Kier alpha value is -2.09. The summed E-state index contributed by atoms with van der Waals surface area (Å²) in [6.07, 6.45) is -4.75. The van der Waals surface area contributed by atoms with Gasteiger partial charge in [0, 0.05) is 5.92 Å². The maximum atomic E-state index is 11.5.